The fraction of sp³-hybridized carbons (Fsp3) is 0.750. The SMILES string of the molecule is CC(C)S(=O)(=O)/C=C\S(=O)(=O)C(C)C. The van der Waals surface area contributed by atoms with E-state index in [4.69, 9.17) is 0 Å². The Morgan fingerprint density at radius 3 is 1.07 bits per heavy atom. The molecule has 0 N–H and O–H groups in total. The van der Waals surface area contributed by atoms with Crippen molar-refractivity contribution in [3.8, 4) is 0 Å². The van der Waals surface area contributed by atoms with Crippen LogP contribution in [0, 0.1) is 0 Å². The predicted molar refractivity (Wildman–Crippen MR) is 57.3 cm³/mol. The highest BCUT2D eigenvalue weighted by Gasteiger charge is 2.16. The predicted octanol–water partition coefficient (Wildman–Crippen LogP) is 1.10. The highest BCUT2D eigenvalue weighted by molar-refractivity contribution is 7.98. The first-order valence-corrected chi connectivity index (χ1v) is 7.47. The molecule has 0 fully saturated rings. The van der Waals surface area contributed by atoms with Crippen LogP contribution < -0.4 is 0 Å². The van der Waals surface area contributed by atoms with E-state index in [1.54, 1.807) is 0 Å². The minimum absolute atomic E-state index is 0.596. The van der Waals surface area contributed by atoms with Crippen LogP contribution >= 0.6 is 0 Å². The topological polar surface area (TPSA) is 68.3 Å². The number of rotatable bonds is 4. The third-order valence-corrected chi connectivity index (χ3v) is 5.58. The molecule has 0 aliphatic rings. The average Bonchev–Trinajstić information content (AvgIpc) is 2.01. The first-order chi connectivity index (χ1) is 6.09. The third-order valence-electron chi connectivity index (χ3n) is 1.75. The third kappa shape index (κ3) is 3.79. The van der Waals surface area contributed by atoms with Crippen molar-refractivity contribution in [3.05, 3.63) is 10.8 Å². The van der Waals surface area contributed by atoms with Gasteiger partial charge >= 0.3 is 0 Å². The van der Waals surface area contributed by atoms with E-state index in [9.17, 15) is 16.8 Å². The quantitative estimate of drug-likeness (QED) is 0.738. The van der Waals surface area contributed by atoms with Gasteiger partial charge in [-0.15, -0.1) is 0 Å². The van der Waals surface area contributed by atoms with Crippen molar-refractivity contribution in [2.45, 2.75) is 38.2 Å². The summed E-state index contributed by atoms with van der Waals surface area (Å²) in [6, 6.07) is 0. The van der Waals surface area contributed by atoms with Gasteiger partial charge in [0.1, 0.15) is 0 Å². The van der Waals surface area contributed by atoms with E-state index in [-0.39, 0.29) is 0 Å². The fourth-order valence-electron chi connectivity index (χ4n) is 0.469. The lowest BCUT2D eigenvalue weighted by molar-refractivity contribution is 0.592. The monoisotopic (exact) mass is 240 g/mol. The molecule has 0 saturated heterocycles. The summed E-state index contributed by atoms with van der Waals surface area (Å²) in [6.07, 6.45) is 0. The van der Waals surface area contributed by atoms with Crippen LogP contribution in [0.25, 0.3) is 0 Å². The van der Waals surface area contributed by atoms with Gasteiger partial charge in [-0.25, -0.2) is 16.8 Å². The van der Waals surface area contributed by atoms with Gasteiger partial charge in [-0.1, -0.05) is 0 Å². The molecule has 0 amide bonds. The van der Waals surface area contributed by atoms with Gasteiger partial charge in [0, 0.05) is 10.8 Å². The summed E-state index contributed by atoms with van der Waals surface area (Å²) >= 11 is 0. The van der Waals surface area contributed by atoms with Gasteiger partial charge in [0.15, 0.2) is 19.7 Å². The molecule has 0 aliphatic heterocycles. The smallest absolute Gasteiger partial charge is 0.174 e. The van der Waals surface area contributed by atoms with E-state index in [1.807, 2.05) is 0 Å². The molecular weight excluding hydrogens is 224 g/mol. The van der Waals surface area contributed by atoms with E-state index in [0.29, 0.717) is 0 Å². The van der Waals surface area contributed by atoms with Crippen molar-refractivity contribution >= 4 is 19.7 Å². The maximum Gasteiger partial charge on any atom is 0.174 e. The summed E-state index contributed by atoms with van der Waals surface area (Å²) in [7, 11) is -6.85. The Bertz CT molecular complexity index is 359. The molecule has 0 saturated carbocycles. The van der Waals surface area contributed by atoms with Crippen LogP contribution in [0.15, 0.2) is 10.8 Å². The molecule has 0 heterocycles. The van der Waals surface area contributed by atoms with E-state index >= 15 is 0 Å². The molecule has 14 heavy (non-hydrogen) atoms. The summed E-state index contributed by atoms with van der Waals surface area (Å²) < 4.78 is 45.0. The van der Waals surface area contributed by atoms with Crippen molar-refractivity contribution < 1.29 is 16.8 Å². The number of hydrogen-bond acceptors (Lipinski definition) is 4. The maximum absolute atomic E-state index is 11.2. The van der Waals surface area contributed by atoms with Crippen molar-refractivity contribution in [2.75, 3.05) is 0 Å². The molecule has 0 atom stereocenters. The molecule has 0 rings (SSSR count). The minimum atomic E-state index is -3.42. The molecule has 0 bridgehead atoms. The summed E-state index contributed by atoms with van der Waals surface area (Å²) in [5, 5.41) is 0.349. The zero-order valence-electron chi connectivity index (χ0n) is 8.76. The largest absolute Gasteiger partial charge is 0.224 e. The van der Waals surface area contributed by atoms with Crippen molar-refractivity contribution in [2.24, 2.45) is 0 Å². The van der Waals surface area contributed by atoms with Gasteiger partial charge in [0.25, 0.3) is 0 Å². The van der Waals surface area contributed by atoms with Crippen LogP contribution in [0.2, 0.25) is 0 Å². The first kappa shape index (κ1) is 13.6. The molecule has 0 aromatic rings. The Hall–Kier alpha value is -0.360. The summed E-state index contributed by atoms with van der Waals surface area (Å²) in [5.41, 5.74) is 0. The lowest BCUT2D eigenvalue weighted by atomic mass is 10.6. The molecule has 0 aromatic carbocycles. The zero-order chi connectivity index (χ0) is 11.6. The Morgan fingerprint density at radius 2 is 0.929 bits per heavy atom. The molecule has 84 valence electrons. The molecule has 0 spiro atoms. The molecule has 0 aliphatic carbocycles. The standard InChI is InChI=1S/C8H16O4S2/c1-7(2)13(9,10)5-6-14(11,12)8(3)4/h5-8H,1-4H3/b6-5-. The van der Waals surface area contributed by atoms with Crippen LogP contribution in [0.3, 0.4) is 0 Å². The second-order valence-corrected chi connectivity index (χ2v) is 8.33. The van der Waals surface area contributed by atoms with Crippen LogP contribution in [0.1, 0.15) is 27.7 Å². The second-order valence-electron chi connectivity index (χ2n) is 3.55. The van der Waals surface area contributed by atoms with E-state index in [1.165, 1.54) is 27.7 Å². The average molecular weight is 240 g/mol. The number of sulfone groups is 2. The van der Waals surface area contributed by atoms with Crippen molar-refractivity contribution in [3.63, 3.8) is 0 Å². The molecule has 4 nitrogen and oxygen atoms in total. The molecule has 0 aromatic heterocycles. The Balaban J connectivity index is 4.98. The van der Waals surface area contributed by atoms with Crippen LogP contribution in [0.5, 0.6) is 0 Å². The minimum Gasteiger partial charge on any atom is -0.224 e. The molecule has 0 radical (unpaired) electrons. The molecular formula is C8H16O4S2. The van der Waals surface area contributed by atoms with Gasteiger partial charge in [-0.2, -0.15) is 0 Å². The van der Waals surface area contributed by atoms with Crippen LogP contribution in [-0.2, 0) is 19.7 Å². The van der Waals surface area contributed by atoms with Gasteiger partial charge in [-0.3, -0.25) is 0 Å². The lowest BCUT2D eigenvalue weighted by Crippen LogP contribution is -2.14. The molecule has 0 unspecified atom stereocenters. The van der Waals surface area contributed by atoms with E-state index in [2.05, 4.69) is 0 Å². The Morgan fingerprint density at radius 1 is 0.714 bits per heavy atom. The van der Waals surface area contributed by atoms with E-state index in [0.717, 1.165) is 10.8 Å². The summed E-state index contributed by atoms with van der Waals surface area (Å²) in [5.74, 6) is 0. The van der Waals surface area contributed by atoms with Gasteiger partial charge < -0.3 is 0 Å². The maximum atomic E-state index is 11.2. The van der Waals surface area contributed by atoms with Crippen molar-refractivity contribution in [1.29, 1.82) is 0 Å². The van der Waals surface area contributed by atoms with Gasteiger partial charge in [0.2, 0.25) is 0 Å². The van der Waals surface area contributed by atoms with Gasteiger partial charge in [-0.05, 0) is 27.7 Å². The summed E-state index contributed by atoms with van der Waals surface area (Å²) in [4.78, 5) is 0. The normalized spacial score (nSPS) is 14.4. The number of hydrogen-bond donors (Lipinski definition) is 0. The second kappa shape index (κ2) is 4.44. The highest BCUT2D eigenvalue weighted by Crippen LogP contribution is 2.07. The first-order valence-electron chi connectivity index (χ1n) is 4.25. The Labute approximate surface area is 85.9 Å². The Kier molecular flexibility index (Phi) is 4.33. The zero-order valence-corrected chi connectivity index (χ0v) is 10.4. The van der Waals surface area contributed by atoms with Gasteiger partial charge in [0.05, 0.1) is 10.5 Å². The van der Waals surface area contributed by atoms with E-state index < -0.39 is 30.2 Å². The van der Waals surface area contributed by atoms with Crippen LogP contribution in [-0.4, -0.2) is 27.3 Å². The lowest BCUT2D eigenvalue weighted by Gasteiger charge is -2.03. The molecule has 6 heteroatoms. The fourth-order valence-corrected chi connectivity index (χ4v) is 2.34. The highest BCUT2D eigenvalue weighted by atomic mass is 32.2. The van der Waals surface area contributed by atoms with Crippen molar-refractivity contribution in [1.82, 2.24) is 0 Å². The van der Waals surface area contributed by atoms with Crippen LogP contribution in [0.4, 0.5) is 0 Å². The summed E-state index contributed by atoms with van der Waals surface area (Å²) in [6.45, 7) is 6.01.